The number of methoxy groups -OCH3 is 1. The molecule has 1 saturated carbocycles. The van der Waals surface area contributed by atoms with Crippen LogP contribution >= 0.6 is 0 Å². The average molecular weight is 321 g/mol. The lowest BCUT2D eigenvalue weighted by Crippen LogP contribution is -2.52. The molecule has 21 heavy (non-hydrogen) atoms. The molecule has 3 unspecified atom stereocenters. The molecule has 0 aromatic rings. The Morgan fingerprint density at radius 2 is 2.05 bits per heavy atom. The summed E-state index contributed by atoms with van der Waals surface area (Å²) in [6.45, 7) is 0.0833. The zero-order chi connectivity index (χ0) is 15.6. The van der Waals surface area contributed by atoms with Crippen molar-refractivity contribution in [2.75, 3.05) is 26.8 Å². The Morgan fingerprint density at radius 1 is 1.33 bits per heavy atom. The predicted octanol–water partition coefficient (Wildman–Crippen LogP) is -0.557. The van der Waals surface area contributed by atoms with E-state index < -0.39 is 39.2 Å². The maximum atomic E-state index is 12.6. The molecule has 1 aliphatic heterocycles. The second kappa shape index (κ2) is 6.29. The molecule has 0 spiro atoms. The number of carboxylic acids is 1. The number of carbonyl (C=O) groups is 2. The molecule has 0 aromatic carbocycles. The third-order valence-corrected chi connectivity index (χ3v) is 6.39. The molecule has 2 rings (SSSR count). The van der Waals surface area contributed by atoms with Crippen molar-refractivity contribution in [2.24, 2.45) is 5.92 Å². The molecule has 1 N–H and O–H groups in total. The van der Waals surface area contributed by atoms with E-state index in [4.69, 9.17) is 9.84 Å². The number of hydrogen-bond acceptors (Lipinski definition) is 6. The summed E-state index contributed by atoms with van der Waals surface area (Å²) in [6, 6.07) is 0. The Hall–Kier alpha value is -1.19. The van der Waals surface area contributed by atoms with Crippen molar-refractivity contribution in [2.45, 2.75) is 30.6 Å². The quantitative estimate of drug-likeness (QED) is 0.691. The van der Waals surface area contributed by atoms with E-state index in [0.717, 1.165) is 4.31 Å². The van der Waals surface area contributed by atoms with Crippen molar-refractivity contribution in [1.29, 1.82) is 0 Å². The average Bonchev–Trinajstić information content (AvgIpc) is 2.97. The molecule has 2 fully saturated rings. The fourth-order valence-electron chi connectivity index (χ4n) is 2.89. The van der Waals surface area contributed by atoms with E-state index in [1.807, 2.05) is 0 Å². The van der Waals surface area contributed by atoms with Gasteiger partial charge in [-0.25, -0.2) is 13.2 Å². The number of esters is 1. The summed E-state index contributed by atoms with van der Waals surface area (Å²) in [4.78, 5) is 22.6. The van der Waals surface area contributed by atoms with Crippen LogP contribution in [-0.2, 0) is 29.1 Å². The Labute approximate surface area is 123 Å². The third-order valence-electron chi connectivity index (χ3n) is 4.01. The fourth-order valence-corrected chi connectivity index (χ4v) is 5.07. The van der Waals surface area contributed by atoms with Crippen LogP contribution < -0.4 is 0 Å². The molecule has 3 atom stereocenters. The number of aliphatic carboxylic acids is 1. The largest absolute Gasteiger partial charge is 0.481 e. The number of carbonyl (C=O) groups excluding carboxylic acids is 1. The first-order valence-electron chi connectivity index (χ1n) is 6.79. The van der Waals surface area contributed by atoms with E-state index in [2.05, 4.69) is 4.74 Å². The van der Waals surface area contributed by atoms with Crippen LogP contribution in [0.25, 0.3) is 0 Å². The highest BCUT2D eigenvalue weighted by atomic mass is 32.2. The number of carboxylic acid groups (broad SMARTS) is 1. The SMILES string of the molecule is COC(=O)C1CN(S(=O)(=O)C2CCCC2C(=O)O)CCO1. The predicted molar refractivity (Wildman–Crippen MR) is 71.0 cm³/mol. The summed E-state index contributed by atoms with van der Waals surface area (Å²) >= 11 is 0. The molecule has 2 aliphatic rings. The monoisotopic (exact) mass is 321 g/mol. The van der Waals surface area contributed by atoms with E-state index in [1.54, 1.807) is 0 Å². The van der Waals surface area contributed by atoms with E-state index in [0.29, 0.717) is 19.3 Å². The van der Waals surface area contributed by atoms with Crippen molar-refractivity contribution >= 4 is 22.0 Å². The Kier molecular flexibility index (Phi) is 4.84. The van der Waals surface area contributed by atoms with Crippen LogP contribution in [0.2, 0.25) is 0 Å². The van der Waals surface area contributed by atoms with Gasteiger partial charge in [-0.2, -0.15) is 4.31 Å². The van der Waals surface area contributed by atoms with Gasteiger partial charge < -0.3 is 14.6 Å². The molecule has 120 valence electrons. The van der Waals surface area contributed by atoms with Gasteiger partial charge >= 0.3 is 11.9 Å². The van der Waals surface area contributed by atoms with Crippen LogP contribution in [0.1, 0.15) is 19.3 Å². The first-order valence-corrected chi connectivity index (χ1v) is 8.29. The summed E-state index contributed by atoms with van der Waals surface area (Å²) in [5.41, 5.74) is 0. The summed E-state index contributed by atoms with van der Waals surface area (Å²) in [7, 11) is -2.56. The summed E-state index contributed by atoms with van der Waals surface area (Å²) in [5.74, 6) is -2.59. The smallest absolute Gasteiger partial charge is 0.336 e. The third kappa shape index (κ3) is 3.19. The zero-order valence-corrected chi connectivity index (χ0v) is 12.5. The Bertz CT molecular complexity index is 518. The highest BCUT2D eigenvalue weighted by Crippen LogP contribution is 2.33. The van der Waals surface area contributed by atoms with Gasteiger partial charge in [-0.1, -0.05) is 6.42 Å². The minimum Gasteiger partial charge on any atom is -0.481 e. The Morgan fingerprint density at radius 3 is 2.67 bits per heavy atom. The molecule has 9 heteroatoms. The minimum absolute atomic E-state index is 0.0868. The maximum absolute atomic E-state index is 12.6. The maximum Gasteiger partial charge on any atom is 0.336 e. The fraction of sp³-hybridized carbons (Fsp3) is 0.833. The molecule has 8 nitrogen and oxygen atoms in total. The number of nitrogens with zero attached hydrogens (tertiary/aromatic N) is 1. The van der Waals surface area contributed by atoms with Crippen LogP contribution in [-0.4, -0.2) is 67.9 Å². The molecular weight excluding hydrogens is 302 g/mol. The molecule has 1 saturated heterocycles. The topological polar surface area (TPSA) is 110 Å². The van der Waals surface area contributed by atoms with Crippen LogP contribution in [0.3, 0.4) is 0 Å². The lowest BCUT2D eigenvalue weighted by molar-refractivity contribution is -0.157. The molecule has 0 radical (unpaired) electrons. The standard InChI is InChI=1S/C12H19NO7S/c1-19-12(16)9-7-13(5-6-20-9)21(17,18)10-4-2-3-8(10)11(14)15/h8-10H,2-7H2,1H3,(H,14,15). The van der Waals surface area contributed by atoms with E-state index in [1.165, 1.54) is 7.11 Å². The Balaban J connectivity index is 2.15. The van der Waals surface area contributed by atoms with E-state index in [-0.39, 0.29) is 19.7 Å². The molecule has 0 aromatic heterocycles. The van der Waals surface area contributed by atoms with Crippen LogP contribution in [0.4, 0.5) is 0 Å². The van der Waals surface area contributed by atoms with Gasteiger partial charge in [0, 0.05) is 6.54 Å². The van der Waals surface area contributed by atoms with Crippen molar-refractivity contribution in [3.8, 4) is 0 Å². The number of rotatable bonds is 4. The minimum atomic E-state index is -3.77. The second-order valence-corrected chi connectivity index (χ2v) is 7.35. The number of sulfonamides is 1. The highest BCUT2D eigenvalue weighted by molar-refractivity contribution is 7.89. The van der Waals surface area contributed by atoms with Crippen molar-refractivity contribution in [1.82, 2.24) is 4.31 Å². The normalized spacial score (nSPS) is 31.0. The highest BCUT2D eigenvalue weighted by Gasteiger charge is 2.46. The van der Waals surface area contributed by atoms with Gasteiger partial charge in [-0.05, 0) is 12.8 Å². The zero-order valence-electron chi connectivity index (χ0n) is 11.7. The van der Waals surface area contributed by atoms with Crippen molar-refractivity contribution < 1.29 is 32.6 Å². The summed E-state index contributed by atoms with van der Waals surface area (Å²) in [5, 5.41) is 8.22. The number of morpholine rings is 1. The van der Waals surface area contributed by atoms with Crippen LogP contribution in [0.5, 0.6) is 0 Å². The van der Waals surface area contributed by atoms with E-state index in [9.17, 15) is 18.0 Å². The van der Waals surface area contributed by atoms with E-state index >= 15 is 0 Å². The van der Waals surface area contributed by atoms with Gasteiger partial charge in [0.05, 0.1) is 31.4 Å². The first kappa shape index (κ1) is 16.2. The van der Waals surface area contributed by atoms with Gasteiger partial charge in [0.1, 0.15) is 0 Å². The molecule has 1 aliphatic carbocycles. The van der Waals surface area contributed by atoms with Gasteiger partial charge in [0.15, 0.2) is 6.10 Å². The van der Waals surface area contributed by atoms with Gasteiger partial charge in [-0.15, -0.1) is 0 Å². The number of hydrogen-bond donors (Lipinski definition) is 1. The molecule has 0 bridgehead atoms. The van der Waals surface area contributed by atoms with Crippen molar-refractivity contribution in [3.63, 3.8) is 0 Å². The first-order chi connectivity index (χ1) is 9.87. The second-order valence-electron chi connectivity index (χ2n) is 5.20. The van der Waals surface area contributed by atoms with Crippen LogP contribution in [0, 0.1) is 5.92 Å². The summed E-state index contributed by atoms with van der Waals surface area (Å²) < 4.78 is 36.1. The van der Waals surface area contributed by atoms with Gasteiger partial charge in [0.25, 0.3) is 0 Å². The summed E-state index contributed by atoms with van der Waals surface area (Å²) in [6.07, 6.45) is 0.318. The molecular formula is C12H19NO7S. The van der Waals surface area contributed by atoms with Gasteiger partial charge in [-0.3, -0.25) is 4.79 Å². The van der Waals surface area contributed by atoms with Crippen LogP contribution in [0.15, 0.2) is 0 Å². The van der Waals surface area contributed by atoms with Gasteiger partial charge in [0.2, 0.25) is 10.0 Å². The lowest BCUT2D eigenvalue weighted by Gasteiger charge is -2.33. The lowest BCUT2D eigenvalue weighted by atomic mass is 10.1. The molecule has 0 amide bonds. The van der Waals surface area contributed by atoms with Crippen molar-refractivity contribution in [3.05, 3.63) is 0 Å². The molecule has 1 heterocycles. The number of ether oxygens (including phenoxy) is 2.